The Morgan fingerprint density at radius 3 is 2.18 bits per heavy atom. The van der Waals surface area contributed by atoms with Crippen molar-refractivity contribution in [2.75, 3.05) is 0 Å². The molecule has 172 valence electrons. The second kappa shape index (κ2) is 9.74. The molecule has 3 atom stereocenters. The van der Waals surface area contributed by atoms with Crippen LogP contribution in [0.3, 0.4) is 0 Å². The normalized spacial score (nSPS) is 21.4. The first-order valence-electron chi connectivity index (χ1n) is 11.2. The lowest BCUT2D eigenvalue weighted by molar-refractivity contribution is -0.144. The van der Waals surface area contributed by atoms with Crippen molar-refractivity contribution >= 4 is 35.0 Å². The highest BCUT2D eigenvalue weighted by Crippen LogP contribution is 2.46. The molecular weight excluding hydrogens is 457 g/mol. The molecular formula is C27H27Cl2NO3. The van der Waals surface area contributed by atoms with Gasteiger partial charge in [0.15, 0.2) is 5.78 Å². The zero-order valence-corrected chi connectivity index (χ0v) is 20.5. The molecule has 4 rings (SSSR count). The third-order valence-electron chi connectivity index (χ3n) is 6.48. The minimum Gasteiger partial charge on any atom is -0.459 e. The van der Waals surface area contributed by atoms with Crippen LogP contribution in [0.2, 0.25) is 10.0 Å². The number of esters is 1. The first-order valence-corrected chi connectivity index (χ1v) is 12.0. The lowest BCUT2D eigenvalue weighted by atomic mass is 9.72. The van der Waals surface area contributed by atoms with E-state index in [0.717, 1.165) is 16.8 Å². The fourth-order valence-electron chi connectivity index (χ4n) is 4.60. The predicted molar refractivity (Wildman–Crippen MR) is 131 cm³/mol. The molecule has 1 heterocycles. The molecule has 33 heavy (non-hydrogen) atoms. The number of ether oxygens (including phenoxy) is 1. The van der Waals surface area contributed by atoms with Crippen LogP contribution in [0.5, 0.6) is 0 Å². The summed E-state index contributed by atoms with van der Waals surface area (Å²) in [6, 6.07) is 15.0. The van der Waals surface area contributed by atoms with Crippen LogP contribution in [0.25, 0.3) is 0 Å². The van der Waals surface area contributed by atoms with Gasteiger partial charge in [-0.25, -0.2) is 4.79 Å². The molecule has 0 bridgehead atoms. The van der Waals surface area contributed by atoms with Gasteiger partial charge >= 0.3 is 5.97 Å². The number of Topliss-reactive ketones (excluding diaryl/α,β-unsaturated/α-hetero) is 1. The molecule has 1 aliphatic heterocycles. The van der Waals surface area contributed by atoms with Gasteiger partial charge in [0.1, 0.15) is 0 Å². The van der Waals surface area contributed by atoms with Gasteiger partial charge in [-0.15, -0.1) is 0 Å². The second-order valence-electron chi connectivity index (χ2n) is 8.74. The van der Waals surface area contributed by atoms with Crippen LogP contribution in [-0.2, 0) is 14.3 Å². The maximum absolute atomic E-state index is 13.6. The Bertz CT molecular complexity index is 1130. The van der Waals surface area contributed by atoms with Crippen LogP contribution in [0.4, 0.5) is 0 Å². The standard InChI is InChI=1S/C27H27Cl2NO3/c1-4-15(2)33-27(32)24-16(3)30-22-13-19(17-5-9-20(28)10-6-17)14-23(31)26(22)25(24)18-7-11-21(29)12-8-18/h5-12,15,19,25,30H,4,13-14H2,1-3H3/t15-,19+,25-/m1/s1. The molecule has 0 aromatic heterocycles. The van der Waals surface area contributed by atoms with E-state index in [0.29, 0.717) is 46.2 Å². The lowest BCUT2D eigenvalue weighted by Crippen LogP contribution is -2.36. The fraction of sp³-hybridized carbons (Fsp3) is 0.333. The predicted octanol–water partition coefficient (Wildman–Crippen LogP) is 6.70. The quantitative estimate of drug-likeness (QED) is 0.480. The number of halogens is 2. The van der Waals surface area contributed by atoms with Crippen molar-refractivity contribution < 1.29 is 14.3 Å². The average molecular weight is 484 g/mol. The fourth-order valence-corrected chi connectivity index (χ4v) is 4.85. The van der Waals surface area contributed by atoms with E-state index in [1.54, 1.807) is 12.1 Å². The maximum Gasteiger partial charge on any atom is 0.337 e. The van der Waals surface area contributed by atoms with E-state index >= 15 is 0 Å². The van der Waals surface area contributed by atoms with Crippen molar-refractivity contribution in [1.29, 1.82) is 0 Å². The molecule has 0 amide bonds. The maximum atomic E-state index is 13.6. The number of ketones is 1. The number of nitrogens with one attached hydrogen (secondary N) is 1. The van der Waals surface area contributed by atoms with Crippen molar-refractivity contribution in [2.24, 2.45) is 0 Å². The summed E-state index contributed by atoms with van der Waals surface area (Å²) in [5, 5.41) is 4.65. The summed E-state index contributed by atoms with van der Waals surface area (Å²) in [4.78, 5) is 26.8. The van der Waals surface area contributed by atoms with Gasteiger partial charge in [0, 0.05) is 39.4 Å². The van der Waals surface area contributed by atoms with Gasteiger partial charge < -0.3 is 10.1 Å². The van der Waals surface area contributed by atoms with Gasteiger partial charge in [0.2, 0.25) is 0 Å². The summed E-state index contributed by atoms with van der Waals surface area (Å²) >= 11 is 12.2. The van der Waals surface area contributed by atoms with Gasteiger partial charge in [-0.3, -0.25) is 4.79 Å². The molecule has 1 N–H and O–H groups in total. The molecule has 0 saturated heterocycles. The first-order chi connectivity index (χ1) is 15.8. The Labute approximate surface area is 204 Å². The van der Waals surface area contributed by atoms with Gasteiger partial charge in [-0.2, -0.15) is 0 Å². The Morgan fingerprint density at radius 2 is 1.61 bits per heavy atom. The van der Waals surface area contributed by atoms with E-state index in [1.807, 2.05) is 57.2 Å². The molecule has 1 aliphatic carbocycles. The van der Waals surface area contributed by atoms with Crippen molar-refractivity contribution in [3.05, 3.63) is 92.2 Å². The van der Waals surface area contributed by atoms with E-state index in [2.05, 4.69) is 5.32 Å². The summed E-state index contributed by atoms with van der Waals surface area (Å²) < 4.78 is 5.69. The molecule has 0 fully saturated rings. The largest absolute Gasteiger partial charge is 0.459 e. The number of allylic oxidation sites excluding steroid dienone is 3. The summed E-state index contributed by atoms with van der Waals surface area (Å²) in [5.74, 6) is -0.805. The Kier molecular flexibility index (Phi) is 6.96. The SMILES string of the molecule is CC[C@@H](C)OC(=O)C1=C(C)NC2=C(C(=O)C[C@@H](c3ccc(Cl)cc3)C2)[C@@H]1c1ccc(Cl)cc1. The van der Waals surface area contributed by atoms with E-state index in [1.165, 1.54) is 0 Å². The summed E-state index contributed by atoms with van der Waals surface area (Å²) in [7, 11) is 0. The average Bonchev–Trinajstić information content (AvgIpc) is 2.78. The minimum absolute atomic E-state index is 0.0324. The van der Waals surface area contributed by atoms with Crippen molar-refractivity contribution in [3.63, 3.8) is 0 Å². The Morgan fingerprint density at radius 1 is 1.03 bits per heavy atom. The molecule has 2 aromatic carbocycles. The zero-order chi connectivity index (χ0) is 23.7. The van der Waals surface area contributed by atoms with Crippen LogP contribution < -0.4 is 5.32 Å². The van der Waals surface area contributed by atoms with Gasteiger partial charge in [0.05, 0.1) is 11.7 Å². The molecule has 0 spiro atoms. The van der Waals surface area contributed by atoms with Gasteiger partial charge in [-0.1, -0.05) is 54.4 Å². The number of hydrogen-bond donors (Lipinski definition) is 1. The van der Waals surface area contributed by atoms with Crippen LogP contribution >= 0.6 is 23.2 Å². The van der Waals surface area contributed by atoms with Crippen LogP contribution in [0.15, 0.2) is 71.1 Å². The number of dihydropyridines is 1. The van der Waals surface area contributed by atoms with Crippen LogP contribution in [0.1, 0.15) is 63.0 Å². The highest BCUT2D eigenvalue weighted by molar-refractivity contribution is 6.30. The van der Waals surface area contributed by atoms with Crippen LogP contribution in [0, 0.1) is 0 Å². The lowest BCUT2D eigenvalue weighted by Gasteiger charge is -2.37. The molecule has 0 radical (unpaired) electrons. The smallest absolute Gasteiger partial charge is 0.337 e. The first kappa shape index (κ1) is 23.6. The third-order valence-corrected chi connectivity index (χ3v) is 6.98. The minimum atomic E-state index is -0.492. The number of carbonyl (C=O) groups excluding carboxylic acids is 2. The molecule has 0 saturated carbocycles. The number of hydrogen-bond acceptors (Lipinski definition) is 4. The molecule has 2 aromatic rings. The second-order valence-corrected chi connectivity index (χ2v) is 9.62. The van der Waals surface area contributed by atoms with Crippen LogP contribution in [-0.4, -0.2) is 17.9 Å². The molecule has 2 aliphatic rings. The number of carbonyl (C=O) groups is 2. The van der Waals surface area contributed by atoms with Crippen molar-refractivity contribution in [1.82, 2.24) is 5.32 Å². The van der Waals surface area contributed by atoms with Crippen molar-refractivity contribution in [3.8, 4) is 0 Å². The monoisotopic (exact) mass is 483 g/mol. The van der Waals surface area contributed by atoms with Gasteiger partial charge in [-0.05, 0) is 68.0 Å². The topological polar surface area (TPSA) is 55.4 Å². The Hall–Kier alpha value is -2.56. The summed E-state index contributed by atoms with van der Waals surface area (Å²) in [6.07, 6.45) is 1.55. The van der Waals surface area contributed by atoms with E-state index < -0.39 is 11.9 Å². The molecule has 4 nitrogen and oxygen atoms in total. The van der Waals surface area contributed by atoms with Gasteiger partial charge in [0.25, 0.3) is 0 Å². The number of benzene rings is 2. The highest BCUT2D eigenvalue weighted by atomic mass is 35.5. The molecule has 6 heteroatoms. The summed E-state index contributed by atoms with van der Waals surface area (Å²) in [6.45, 7) is 5.71. The Balaban J connectivity index is 1.76. The number of rotatable bonds is 5. The van der Waals surface area contributed by atoms with E-state index in [-0.39, 0.29) is 17.8 Å². The van der Waals surface area contributed by atoms with E-state index in [9.17, 15) is 9.59 Å². The summed E-state index contributed by atoms with van der Waals surface area (Å²) in [5.41, 5.74) is 4.63. The molecule has 0 unspecified atom stereocenters. The van der Waals surface area contributed by atoms with Crippen molar-refractivity contribution in [2.45, 2.75) is 58.0 Å². The highest BCUT2D eigenvalue weighted by Gasteiger charge is 2.41. The zero-order valence-electron chi connectivity index (χ0n) is 19.0. The van der Waals surface area contributed by atoms with E-state index in [4.69, 9.17) is 27.9 Å². The third kappa shape index (κ3) is 4.87.